The zero-order chi connectivity index (χ0) is 8.43. The average Bonchev–Trinajstić information content (AvgIpc) is 1.94. The summed E-state index contributed by atoms with van der Waals surface area (Å²) in [6, 6.07) is 2.75. The van der Waals surface area contributed by atoms with E-state index in [1.807, 2.05) is 0 Å². The van der Waals surface area contributed by atoms with E-state index in [0.717, 1.165) is 0 Å². The molecule has 0 aliphatic rings. The zero-order valence-corrected chi connectivity index (χ0v) is 7.47. The molecule has 0 fully saturated rings. The van der Waals surface area contributed by atoms with E-state index in [1.54, 1.807) is 0 Å². The summed E-state index contributed by atoms with van der Waals surface area (Å²) in [6.45, 7) is 1.47. The van der Waals surface area contributed by atoms with Crippen molar-refractivity contribution in [3.8, 4) is 0 Å². The van der Waals surface area contributed by atoms with Crippen LogP contribution in [-0.2, 0) is 0 Å². The Morgan fingerprint density at radius 1 is 1.64 bits per heavy atom. The number of nitrogens with zero attached hydrogens (tertiary/aromatic N) is 1. The van der Waals surface area contributed by atoms with Gasteiger partial charge in [0.1, 0.15) is 16.1 Å². The van der Waals surface area contributed by atoms with Crippen LogP contribution >= 0.6 is 15.9 Å². The van der Waals surface area contributed by atoms with Crippen LogP contribution in [0.25, 0.3) is 0 Å². The van der Waals surface area contributed by atoms with Gasteiger partial charge in [-0.15, -0.1) is 0 Å². The van der Waals surface area contributed by atoms with Gasteiger partial charge < -0.3 is 5.11 Å². The Kier molecular flexibility index (Phi) is 2.57. The summed E-state index contributed by atoms with van der Waals surface area (Å²) in [5, 5.41) is 9.01. The van der Waals surface area contributed by atoms with Crippen molar-refractivity contribution in [3.05, 3.63) is 28.2 Å². The summed E-state index contributed by atoms with van der Waals surface area (Å²) in [5.74, 6) is -0.483. The van der Waals surface area contributed by atoms with Gasteiger partial charge >= 0.3 is 0 Å². The Morgan fingerprint density at radius 3 is 2.73 bits per heavy atom. The molecule has 1 heterocycles. The molecule has 2 nitrogen and oxygen atoms in total. The van der Waals surface area contributed by atoms with Crippen molar-refractivity contribution in [3.63, 3.8) is 0 Å². The quantitative estimate of drug-likeness (QED) is 0.734. The number of aliphatic hydroxyl groups excluding tert-OH is 1. The second kappa shape index (κ2) is 3.28. The first kappa shape index (κ1) is 8.62. The Labute approximate surface area is 72.2 Å². The van der Waals surface area contributed by atoms with Crippen molar-refractivity contribution in [1.29, 1.82) is 0 Å². The maximum absolute atomic E-state index is 12.8. The molecular weight excluding hydrogens is 213 g/mol. The van der Waals surface area contributed by atoms with E-state index in [4.69, 9.17) is 5.11 Å². The standard InChI is InChI=1S/C7H7BrFNO/c1-4(11)7-5(9)2-3-6(8)10-7/h2-4,11H,1H3/t4-/m0/s1. The first-order valence-corrected chi connectivity index (χ1v) is 3.90. The molecule has 0 saturated carbocycles. The highest BCUT2D eigenvalue weighted by molar-refractivity contribution is 9.10. The Bertz CT molecular complexity index is 265. The van der Waals surface area contributed by atoms with E-state index in [1.165, 1.54) is 19.1 Å². The molecule has 0 aromatic carbocycles. The minimum absolute atomic E-state index is 0.0689. The second-order valence-corrected chi connectivity index (χ2v) is 2.99. The van der Waals surface area contributed by atoms with E-state index >= 15 is 0 Å². The highest BCUT2D eigenvalue weighted by Gasteiger charge is 2.09. The van der Waals surface area contributed by atoms with Crippen LogP contribution in [-0.4, -0.2) is 10.1 Å². The highest BCUT2D eigenvalue weighted by Crippen LogP contribution is 2.16. The summed E-state index contributed by atoms with van der Waals surface area (Å²) >= 11 is 3.08. The summed E-state index contributed by atoms with van der Waals surface area (Å²) in [6.07, 6.45) is -0.868. The predicted molar refractivity (Wildman–Crippen MR) is 42.5 cm³/mol. The van der Waals surface area contributed by atoms with Crippen LogP contribution in [0.15, 0.2) is 16.7 Å². The number of aliphatic hydroxyl groups is 1. The van der Waals surface area contributed by atoms with E-state index in [9.17, 15) is 4.39 Å². The third-order valence-electron chi connectivity index (χ3n) is 1.23. The number of rotatable bonds is 1. The van der Waals surface area contributed by atoms with Gasteiger partial charge in [0.25, 0.3) is 0 Å². The first-order valence-electron chi connectivity index (χ1n) is 3.11. The van der Waals surface area contributed by atoms with Crippen molar-refractivity contribution >= 4 is 15.9 Å². The molecule has 60 valence electrons. The smallest absolute Gasteiger partial charge is 0.147 e. The van der Waals surface area contributed by atoms with Crippen LogP contribution in [0, 0.1) is 5.82 Å². The van der Waals surface area contributed by atoms with Crippen LogP contribution in [0.1, 0.15) is 18.7 Å². The largest absolute Gasteiger partial charge is 0.387 e. The number of halogens is 2. The summed E-state index contributed by atoms with van der Waals surface area (Å²) < 4.78 is 13.3. The zero-order valence-electron chi connectivity index (χ0n) is 5.88. The number of aromatic nitrogens is 1. The van der Waals surface area contributed by atoms with Gasteiger partial charge in [-0.05, 0) is 35.0 Å². The van der Waals surface area contributed by atoms with E-state index in [0.29, 0.717) is 4.60 Å². The molecule has 0 amide bonds. The molecule has 0 saturated heterocycles. The van der Waals surface area contributed by atoms with Gasteiger partial charge in [0.15, 0.2) is 0 Å². The van der Waals surface area contributed by atoms with E-state index in [-0.39, 0.29) is 5.69 Å². The molecule has 0 bridgehead atoms. The van der Waals surface area contributed by atoms with Gasteiger partial charge in [0, 0.05) is 0 Å². The third-order valence-corrected chi connectivity index (χ3v) is 1.68. The van der Waals surface area contributed by atoms with Crippen molar-refractivity contribution in [2.45, 2.75) is 13.0 Å². The lowest BCUT2D eigenvalue weighted by Gasteiger charge is -2.04. The normalized spacial score (nSPS) is 13.1. The van der Waals surface area contributed by atoms with E-state index < -0.39 is 11.9 Å². The van der Waals surface area contributed by atoms with Crippen LogP contribution in [0.4, 0.5) is 4.39 Å². The minimum atomic E-state index is -0.868. The fourth-order valence-electron chi connectivity index (χ4n) is 0.726. The van der Waals surface area contributed by atoms with Crippen LogP contribution in [0.3, 0.4) is 0 Å². The highest BCUT2D eigenvalue weighted by atomic mass is 79.9. The fourth-order valence-corrected chi connectivity index (χ4v) is 1.05. The van der Waals surface area contributed by atoms with Crippen LogP contribution < -0.4 is 0 Å². The fraction of sp³-hybridized carbons (Fsp3) is 0.286. The molecule has 1 aromatic heterocycles. The summed E-state index contributed by atoms with van der Waals surface area (Å²) in [5.41, 5.74) is 0.0689. The molecule has 1 aromatic rings. The topological polar surface area (TPSA) is 33.1 Å². The van der Waals surface area contributed by atoms with E-state index in [2.05, 4.69) is 20.9 Å². The molecule has 0 unspecified atom stereocenters. The molecule has 1 atom stereocenters. The minimum Gasteiger partial charge on any atom is -0.387 e. The molecule has 0 spiro atoms. The van der Waals surface area contributed by atoms with Gasteiger partial charge in [-0.25, -0.2) is 9.37 Å². The van der Waals surface area contributed by atoms with Crippen LogP contribution in [0.2, 0.25) is 0 Å². The van der Waals surface area contributed by atoms with Crippen molar-refractivity contribution in [2.75, 3.05) is 0 Å². The van der Waals surface area contributed by atoms with Crippen LogP contribution in [0.5, 0.6) is 0 Å². The number of hydrogen-bond donors (Lipinski definition) is 1. The molecule has 4 heteroatoms. The Balaban J connectivity index is 3.13. The lowest BCUT2D eigenvalue weighted by atomic mass is 10.2. The lowest BCUT2D eigenvalue weighted by molar-refractivity contribution is 0.188. The monoisotopic (exact) mass is 219 g/mol. The second-order valence-electron chi connectivity index (χ2n) is 2.18. The lowest BCUT2D eigenvalue weighted by Crippen LogP contribution is -1.99. The van der Waals surface area contributed by atoms with Gasteiger partial charge in [-0.2, -0.15) is 0 Å². The van der Waals surface area contributed by atoms with Gasteiger partial charge in [-0.1, -0.05) is 0 Å². The molecule has 0 aliphatic carbocycles. The van der Waals surface area contributed by atoms with Gasteiger partial charge in [0.2, 0.25) is 0 Å². The maximum atomic E-state index is 12.8. The molecule has 1 N–H and O–H groups in total. The van der Waals surface area contributed by atoms with Gasteiger partial charge in [0.05, 0.1) is 6.10 Å². The van der Waals surface area contributed by atoms with Crippen molar-refractivity contribution < 1.29 is 9.50 Å². The summed E-state index contributed by atoms with van der Waals surface area (Å²) in [7, 11) is 0. The Hall–Kier alpha value is -0.480. The average molecular weight is 220 g/mol. The molecule has 0 aliphatic heterocycles. The van der Waals surface area contributed by atoms with Crippen molar-refractivity contribution in [2.24, 2.45) is 0 Å². The van der Waals surface area contributed by atoms with Crippen molar-refractivity contribution in [1.82, 2.24) is 4.98 Å². The first-order chi connectivity index (χ1) is 5.11. The summed E-state index contributed by atoms with van der Waals surface area (Å²) in [4.78, 5) is 3.76. The maximum Gasteiger partial charge on any atom is 0.147 e. The molecule has 11 heavy (non-hydrogen) atoms. The number of hydrogen-bond acceptors (Lipinski definition) is 2. The molecule has 0 radical (unpaired) electrons. The SMILES string of the molecule is C[C@H](O)c1nc(Br)ccc1F. The predicted octanol–water partition coefficient (Wildman–Crippen LogP) is 2.04. The van der Waals surface area contributed by atoms with Gasteiger partial charge in [-0.3, -0.25) is 0 Å². The molecular formula is C7H7BrFNO. The number of pyridine rings is 1. The third kappa shape index (κ3) is 1.97. The molecule has 1 rings (SSSR count). The Morgan fingerprint density at radius 2 is 2.27 bits per heavy atom.